The van der Waals surface area contributed by atoms with E-state index in [0.29, 0.717) is 5.56 Å². The number of aromatic nitrogens is 1. The fourth-order valence-electron chi connectivity index (χ4n) is 2.32. The van der Waals surface area contributed by atoms with Crippen molar-refractivity contribution in [1.82, 2.24) is 4.98 Å². The van der Waals surface area contributed by atoms with Crippen LogP contribution in [-0.4, -0.2) is 4.98 Å². The van der Waals surface area contributed by atoms with Gasteiger partial charge in [0.15, 0.2) is 0 Å². The number of hydrogen-bond donors (Lipinski definition) is 2. The van der Waals surface area contributed by atoms with Gasteiger partial charge in [-0.15, -0.1) is 0 Å². The van der Waals surface area contributed by atoms with Crippen molar-refractivity contribution in [3.05, 3.63) is 59.7 Å². The number of aromatic amines is 1. The molecule has 20 heavy (non-hydrogen) atoms. The number of aryl methyl sites for hydroxylation is 1. The van der Waals surface area contributed by atoms with Crippen molar-refractivity contribution in [1.29, 1.82) is 5.26 Å². The van der Waals surface area contributed by atoms with Crippen LogP contribution >= 0.6 is 0 Å². The van der Waals surface area contributed by atoms with Crippen LogP contribution in [0.4, 0.5) is 11.5 Å². The highest BCUT2D eigenvalue weighted by molar-refractivity contribution is 5.92. The van der Waals surface area contributed by atoms with Crippen LogP contribution in [0.5, 0.6) is 0 Å². The summed E-state index contributed by atoms with van der Waals surface area (Å²) < 4.78 is 0. The van der Waals surface area contributed by atoms with Crippen LogP contribution in [0, 0.1) is 11.3 Å². The first-order valence-corrected chi connectivity index (χ1v) is 6.68. The van der Waals surface area contributed by atoms with E-state index < -0.39 is 0 Å². The normalized spacial score (nSPS) is 10.4. The minimum atomic E-state index is 0.653. The molecule has 0 unspecified atom stereocenters. The number of hydrogen-bond acceptors (Lipinski definition) is 2. The van der Waals surface area contributed by atoms with Gasteiger partial charge in [0.1, 0.15) is 17.5 Å². The maximum Gasteiger partial charge on any atom is 0.127 e. The van der Waals surface area contributed by atoms with Gasteiger partial charge in [0, 0.05) is 16.6 Å². The number of anilines is 2. The molecule has 0 amide bonds. The summed E-state index contributed by atoms with van der Waals surface area (Å²) in [6, 6.07) is 18.3. The van der Waals surface area contributed by atoms with E-state index in [9.17, 15) is 5.26 Å². The highest BCUT2D eigenvalue weighted by Crippen LogP contribution is 2.27. The molecule has 1 aromatic heterocycles. The molecule has 0 aliphatic heterocycles. The second-order valence-corrected chi connectivity index (χ2v) is 4.71. The van der Waals surface area contributed by atoms with E-state index in [4.69, 9.17) is 0 Å². The van der Waals surface area contributed by atoms with Crippen molar-refractivity contribution in [3.63, 3.8) is 0 Å². The van der Waals surface area contributed by atoms with Crippen LogP contribution < -0.4 is 5.32 Å². The van der Waals surface area contributed by atoms with Crippen LogP contribution in [0.15, 0.2) is 48.5 Å². The number of H-pyrrole nitrogens is 1. The standard InChI is InChI=1S/C17H15N3/c1-2-12-7-9-13(10-8-12)19-17-15(11-18)14-5-3-4-6-16(14)20-17/h3-10,19-20H,2H2,1H3. The Morgan fingerprint density at radius 2 is 1.85 bits per heavy atom. The molecule has 0 radical (unpaired) electrons. The number of para-hydroxylation sites is 1. The fourth-order valence-corrected chi connectivity index (χ4v) is 2.32. The first-order valence-electron chi connectivity index (χ1n) is 6.68. The Balaban J connectivity index is 1.99. The zero-order chi connectivity index (χ0) is 13.9. The van der Waals surface area contributed by atoms with Crippen LogP contribution in [0.25, 0.3) is 10.9 Å². The van der Waals surface area contributed by atoms with E-state index in [-0.39, 0.29) is 0 Å². The highest BCUT2D eigenvalue weighted by atomic mass is 15.0. The zero-order valence-electron chi connectivity index (χ0n) is 11.3. The Morgan fingerprint density at radius 1 is 1.10 bits per heavy atom. The van der Waals surface area contributed by atoms with Gasteiger partial charge >= 0.3 is 0 Å². The van der Waals surface area contributed by atoms with Crippen LogP contribution in [-0.2, 0) is 6.42 Å². The number of fused-ring (bicyclic) bond motifs is 1. The molecule has 0 saturated carbocycles. The molecule has 2 aromatic carbocycles. The average molecular weight is 261 g/mol. The lowest BCUT2D eigenvalue weighted by Gasteiger charge is -2.05. The van der Waals surface area contributed by atoms with E-state index in [1.54, 1.807) is 0 Å². The Bertz CT molecular complexity index is 776. The summed E-state index contributed by atoms with van der Waals surface area (Å²) in [5.41, 5.74) is 3.90. The number of nitriles is 1. The molecule has 0 atom stereocenters. The summed E-state index contributed by atoms with van der Waals surface area (Å²) in [5.74, 6) is 0.748. The molecule has 0 bridgehead atoms. The van der Waals surface area contributed by atoms with Gasteiger partial charge in [-0.25, -0.2) is 0 Å². The molecular weight excluding hydrogens is 246 g/mol. The van der Waals surface area contributed by atoms with Gasteiger partial charge in [-0.1, -0.05) is 37.3 Å². The summed E-state index contributed by atoms with van der Waals surface area (Å²) in [5, 5.41) is 13.6. The number of nitrogens with one attached hydrogen (secondary N) is 2. The Hall–Kier alpha value is -2.73. The summed E-state index contributed by atoms with van der Waals surface area (Å²) in [4.78, 5) is 3.26. The molecule has 3 heteroatoms. The van der Waals surface area contributed by atoms with Crippen molar-refractivity contribution < 1.29 is 0 Å². The number of nitrogens with zero attached hydrogens (tertiary/aromatic N) is 1. The van der Waals surface area contributed by atoms with Crippen molar-refractivity contribution in [2.45, 2.75) is 13.3 Å². The van der Waals surface area contributed by atoms with Gasteiger partial charge in [-0.2, -0.15) is 5.26 Å². The first-order chi connectivity index (χ1) is 9.81. The van der Waals surface area contributed by atoms with E-state index in [2.05, 4.69) is 35.4 Å². The molecule has 2 N–H and O–H groups in total. The largest absolute Gasteiger partial charge is 0.341 e. The molecule has 3 nitrogen and oxygen atoms in total. The SMILES string of the molecule is CCc1ccc(Nc2[nH]c3ccccc3c2C#N)cc1. The van der Waals surface area contributed by atoms with Gasteiger partial charge in [-0.3, -0.25) is 0 Å². The molecule has 0 spiro atoms. The van der Waals surface area contributed by atoms with E-state index in [1.807, 2.05) is 36.4 Å². The van der Waals surface area contributed by atoms with Crippen LogP contribution in [0.2, 0.25) is 0 Å². The molecular formula is C17H15N3. The molecule has 0 saturated heterocycles. The fraction of sp³-hybridized carbons (Fsp3) is 0.118. The molecule has 3 aromatic rings. The monoisotopic (exact) mass is 261 g/mol. The van der Waals surface area contributed by atoms with Crippen molar-refractivity contribution >= 4 is 22.4 Å². The van der Waals surface area contributed by atoms with Gasteiger partial charge in [0.25, 0.3) is 0 Å². The van der Waals surface area contributed by atoms with Gasteiger partial charge < -0.3 is 10.3 Å². The smallest absolute Gasteiger partial charge is 0.127 e. The zero-order valence-corrected chi connectivity index (χ0v) is 11.3. The maximum absolute atomic E-state index is 9.36. The van der Waals surface area contributed by atoms with E-state index >= 15 is 0 Å². The lowest BCUT2D eigenvalue weighted by molar-refractivity contribution is 1.14. The molecule has 3 rings (SSSR count). The third-order valence-corrected chi connectivity index (χ3v) is 3.45. The lowest BCUT2D eigenvalue weighted by atomic mass is 10.1. The highest BCUT2D eigenvalue weighted by Gasteiger charge is 2.10. The summed E-state index contributed by atoms with van der Waals surface area (Å²) in [6.45, 7) is 2.13. The van der Waals surface area contributed by atoms with E-state index in [1.165, 1.54) is 5.56 Å². The predicted molar refractivity (Wildman–Crippen MR) is 82.1 cm³/mol. The molecule has 0 aliphatic rings. The van der Waals surface area contributed by atoms with Crippen molar-refractivity contribution in [2.75, 3.05) is 5.32 Å². The van der Waals surface area contributed by atoms with Gasteiger partial charge in [-0.05, 0) is 30.2 Å². The minimum absolute atomic E-state index is 0.653. The predicted octanol–water partition coefficient (Wildman–Crippen LogP) is 4.35. The first kappa shape index (κ1) is 12.3. The molecule has 1 heterocycles. The topological polar surface area (TPSA) is 51.6 Å². The third-order valence-electron chi connectivity index (χ3n) is 3.45. The molecule has 0 aliphatic carbocycles. The second-order valence-electron chi connectivity index (χ2n) is 4.71. The Kier molecular flexibility index (Phi) is 3.14. The lowest BCUT2D eigenvalue weighted by Crippen LogP contribution is -1.93. The quantitative estimate of drug-likeness (QED) is 0.736. The van der Waals surface area contributed by atoms with E-state index in [0.717, 1.165) is 28.8 Å². The summed E-state index contributed by atoms with van der Waals surface area (Å²) in [6.07, 6.45) is 1.02. The average Bonchev–Trinajstić information content (AvgIpc) is 2.85. The Morgan fingerprint density at radius 3 is 2.55 bits per heavy atom. The van der Waals surface area contributed by atoms with Crippen molar-refractivity contribution in [2.24, 2.45) is 0 Å². The maximum atomic E-state index is 9.36. The van der Waals surface area contributed by atoms with Crippen molar-refractivity contribution in [3.8, 4) is 6.07 Å². The Labute approximate surface area is 117 Å². The summed E-state index contributed by atoms with van der Waals surface area (Å²) in [7, 11) is 0. The third kappa shape index (κ3) is 2.12. The number of benzene rings is 2. The van der Waals surface area contributed by atoms with Crippen LogP contribution in [0.1, 0.15) is 18.1 Å². The van der Waals surface area contributed by atoms with Crippen LogP contribution in [0.3, 0.4) is 0 Å². The molecule has 0 fully saturated rings. The summed E-state index contributed by atoms with van der Waals surface area (Å²) >= 11 is 0. The van der Waals surface area contributed by atoms with Gasteiger partial charge in [0.05, 0.1) is 0 Å². The molecule has 98 valence electrons. The second kappa shape index (κ2) is 5.10. The number of rotatable bonds is 3. The minimum Gasteiger partial charge on any atom is -0.341 e. The van der Waals surface area contributed by atoms with Gasteiger partial charge in [0.2, 0.25) is 0 Å².